The van der Waals surface area contributed by atoms with E-state index in [4.69, 9.17) is 4.74 Å². The zero-order chi connectivity index (χ0) is 15.2. The van der Waals surface area contributed by atoms with Gasteiger partial charge in [0.05, 0.1) is 0 Å². The fourth-order valence-electron chi connectivity index (χ4n) is 2.51. The van der Waals surface area contributed by atoms with Crippen LogP contribution in [0, 0.1) is 0 Å². The number of rotatable bonds is 5. The lowest BCUT2D eigenvalue weighted by atomic mass is 10.1. The quantitative estimate of drug-likeness (QED) is 0.833. The second kappa shape index (κ2) is 7.46. The van der Waals surface area contributed by atoms with Crippen molar-refractivity contribution in [2.45, 2.75) is 32.8 Å². The third kappa shape index (κ3) is 4.21. The molecule has 1 aromatic rings. The van der Waals surface area contributed by atoms with Crippen molar-refractivity contribution in [2.24, 2.45) is 0 Å². The Balaban J connectivity index is 1.96. The zero-order valence-electron chi connectivity index (χ0n) is 13.3. The minimum atomic E-state index is -0.374. The Bertz CT molecular complexity index is 450. The van der Waals surface area contributed by atoms with Crippen molar-refractivity contribution in [3.05, 3.63) is 29.8 Å². The van der Waals surface area contributed by atoms with Crippen LogP contribution >= 0.6 is 0 Å². The van der Waals surface area contributed by atoms with E-state index >= 15 is 0 Å². The van der Waals surface area contributed by atoms with Crippen molar-refractivity contribution < 1.29 is 9.53 Å². The summed E-state index contributed by atoms with van der Waals surface area (Å²) in [6, 6.07) is 8.03. The summed E-state index contributed by atoms with van der Waals surface area (Å²) in [5.41, 5.74) is 1.28. The molecule has 1 atom stereocenters. The van der Waals surface area contributed by atoms with Gasteiger partial charge in [0, 0.05) is 26.2 Å². The van der Waals surface area contributed by atoms with Crippen LogP contribution < -0.4 is 4.74 Å². The Labute approximate surface area is 127 Å². The maximum Gasteiger partial charge on any atom is 0.263 e. The van der Waals surface area contributed by atoms with Crippen LogP contribution in [0.1, 0.15) is 25.8 Å². The van der Waals surface area contributed by atoms with Crippen LogP contribution in [0.2, 0.25) is 0 Å². The summed E-state index contributed by atoms with van der Waals surface area (Å²) in [5.74, 6) is 0.895. The Morgan fingerprint density at radius 3 is 2.29 bits per heavy atom. The molecule has 0 N–H and O–H groups in total. The topological polar surface area (TPSA) is 32.8 Å². The number of carbonyl (C=O) groups is 1. The van der Waals surface area contributed by atoms with E-state index in [1.807, 2.05) is 24.0 Å². The highest BCUT2D eigenvalue weighted by molar-refractivity contribution is 5.81. The van der Waals surface area contributed by atoms with Gasteiger partial charge < -0.3 is 14.5 Å². The van der Waals surface area contributed by atoms with Gasteiger partial charge in [-0.05, 0) is 37.6 Å². The number of hydrogen-bond donors (Lipinski definition) is 0. The molecule has 0 aromatic heterocycles. The van der Waals surface area contributed by atoms with Crippen molar-refractivity contribution in [1.29, 1.82) is 0 Å². The van der Waals surface area contributed by atoms with Crippen LogP contribution in [-0.4, -0.2) is 55.0 Å². The predicted octanol–water partition coefficient (Wildman–Crippen LogP) is 2.18. The van der Waals surface area contributed by atoms with Gasteiger partial charge in [-0.3, -0.25) is 4.79 Å². The molecule has 0 saturated carbocycles. The smallest absolute Gasteiger partial charge is 0.263 e. The van der Waals surface area contributed by atoms with Gasteiger partial charge in [-0.2, -0.15) is 0 Å². The van der Waals surface area contributed by atoms with Gasteiger partial charge >= 0.3 is 0 Å². The Morgan fingerprint density at radius 2 is 1.76 bits per heavy atom. The van der Waals surface area contributed by atoms with Crippen LogP contribution in [0.5, 0.6) is 5.75 Å². The SMILES string of the molecule is CCc1ccc(OC(CC)C(=O)N2CCN(C)CC2)cc1. The molecule has 4 nitrogen and oxygen atoms in total. The first-order valence-electron chi connectivity index (χ1n) is 7.87. The van der Waals surface area contributed by atoms with Crippen LogP contribution in [-0.2, 0) is 11.2 Å². The number of likely N-dealkylation sites (N-methyl/N-ethyl adjacent to an activating group) is 1. The van der Waals surface area contributed by atoms with E-state index in [-0.39, 0.29) is 12.0 Å². The van der Waals surface area contributed by atoms with Crippen LogP contribution in [0.15, 0.2) is 24.3 Å². The molecule has 1 saturated heterocycles. The molecule has 0 radical (unpaired) electrons. The van der Waals surface area contributed by atoms with Crippen molar-refractivity contribution in [2.75, 3.05) is 33.2 Å². The number of carbonyl (C=O) groups excluding carboxylic acids is 1. The van der Waals surface area contributed by atoms with E-state index in [1.54, 1.807) is 0 Å². The number of benzene rings is 1. The van der Waals surface area contributed by atoms with E-state index in [9.17, 15) is 4.79 Å². The summed E-state index contributed by atoms with van der Waals surface area (Å²) in [6.45, 7) is 7.59. The fourth-order valence-corrected chi connectivity index (χ4v) is 2.51. The van der Waals surface area contributed by atoms with E-state index in [0.29, 0.717) is 6.42 Å². The van der Waals surface area contributed by atoms with Gasteiger partial charge in [-0.15, -0.1) is 0 Å². The molecule has 1 amide bonds. The van der Waals surface area contributed by atoms with Gasteiger partial charge in [0.1, 0.15) is 5.75 Å². The maximum absolute atomic E-state index is 12.5. The molecule has 0 aliphatic carbocycles. The summed E-state index contributed by atoms with van der Waals surface area (Å²) in [6.07, 6.45) is 1.33. The molecule has 1 unspecified atom stereocenters. The zero-order valence-corrected chi connectivity index (χ0v) is 13.3. The summed E-state index contributed by atoms with van der Waals surface area (Å²) in [5, 5.41) is 0. The molecule has 116 valence electrons. The average Bonchev–Trinajstić information content (AvgIpc) is 2.53. The van der Waals surface area contributed by atoms with Gasteiger partial charge in [0.2, 0.25) is 0 Å². The van der Waals surface area contributed by atoms with Gasteiger partial charge in [-0.1, -0.05) is 26.0 Å². The first-order chi connectivity index (χ1) is 10.1. The molecule has 1 aromatic carbocycles. The van der Waals surface area contributed by atoms with Gasteiger partial charge in [0.25, 0.3) is 5.91 Å². The van der Waals surface area contributed by atoms with Crippen molar-refractivity contribution >= 4 is 5.91 Å². The first kappa shape index (κ1) is 15.8. The van der Waals surface area contributed by atoms with Crippen LogP contribution in [0.4, 0.5) is 0 Å². The lowest BCUT2D eigenvalue weighted by molar-refractivity contribution is -0.140. The minimum Gasteiger partial charge on any atom is -0.481 e. The van der Waals surface area contributed by atoms with E-state index in [2.05, 4.69) is 31.0 Å². The summed E-state index contributed by atoms with van der Waals surface area (Å²) in [7, 11) is 2.09. The average molecular weight is 290 g/mol. The number of hydrogen-bond acceptors (Lipinski definition) is 3. The molecule has 1 heterocycles. The molecule has 0 bridgehead atoms. The Hall–Kier alpha value is -1.55. The second-order valence-electron chi connectivity index (χ2n) is 5.64. The fraction of sp³-hybridized carbons (Fsp3) is 0.588. The Morgan fingerprint density at radius 1 is 1.14 bits per heavy atom. The number of nitrogens with zero attached hydrogens (tertiary/aromatic N) is 2. The largest absolute Gasteiger partial charge is 0.481 e. The summed E-state index contributed by atoms with van der Waals surface area (Å²) in [4.78, 5) is 16.7. The number of aryl methyl sites for hydroxylation is 1. The molecule has 1 aliphatic rings. The van der Waals surface area contributed by atoms with E-state index in [1.165, 1.54) is 5.56 Å². The highest BCUT2D eigenvalue weighted by Crippen LogP contribution is 2.17. The van der Waals surface area contributed by atoms with Gasteiger partial charge in [0.15, 0.2) is 6.10 Å². The number of ether oxygens (including phenoxy) is 1. The Kier molecular flexibility index (Phi) is 5.62. The molecule has 1 fully saturated rings. The van der Waals surface area contributed by atoms with E-state index < -0.39 is 0 Å². The van der Waals surface area contributed by atoms with Crippen molar-refractivity contribution in [3.63, 3.8) is 0 Å². The molecule has 0 spiro atoms. The molecule has 2 rings (SSSR count). The second-order valence-corrected chi connectivity index (χ2v) is 5.64. The summed E-state index contributed by atoms with van der Waals surface area (Å²) < 4.78 is 5.90. The summed E-state index contributed by atoms with van der Waals surface area (Å²) >= 11 is 0. The van der Waals surface area contributed by atoms with Crippen LogP contribution in [0.25, 0.3) is 0 Å². The molecule has 21 heavy (non-hydrogen) atoms. The van der Waals surface area contributed by atoms with Gasteiger partial charge in [-0.25, -0.2) is 0 Å². The van der Waals surface area contributed by atoms with Crippen molar-refractivity contribution in [3.8, 4) is 5.75 Å². The highest BCUT2D eigenvalue weighted by Gasteiger charge is 2.26. The molecule has 4 heteroatoms. The number of amides is 1. The minimum absolute atomic E-state index is 0.116. The lowest BCUT2D eigenvalue weighted by Crippen LogP contribution is -2.51. The van der Waals surface area contributed by atoms with Crippen molar-refractivity contribution in [1.82, 2.24) is 9.80 Å². The molecular weight excluding hydrogens is 264 g/mol. The third-order valence-electron chi connectivity index (χ3n) is 4.07. The lowest BCUT2D eigenvalue weighted by Gasteiger charge is -2.34. The maximum atomic E-state index is 12.5. The number of piperazine rings is 1. The highest BCUT2D eigenvalue weighted by atomic mass is 16.5. The monoisotopic (exact) mass is 290 g/mol. The third-order valence-corrected chi connectivity index (χ3v) is 4.07. The van der Waals surface area contributed by atoms with Crippen LogP contribution in [0.3, 0.4) is 0 Å². The van der Waals surface area contributed by atoms with E-state index in [0.717, 1.165) is 38.3 Å². The predicted molar refractivity (Wildman–Crippen MR) is 84.6 cm³/mol. The first-order valence-corrected chi connectivity index (χ1v) is 7.87. The standard InChI is InChI=1S/C17H26N2O2/c1-4-14-6-8-15(9-7-14)21-16(5-2)17(20)19-12-10-18(3)11-13-19/h6-9,16H,4-5,10-13H2,1-3H3. The molecule has 1 aliphatic heterocycles. The molecular formula is C17H26N2O2. The normalized spacial score (nSPS) is 17.6.